The minimum Gasteiger partial charge on any atom is -0.506 e. The molecule has 0 aromatic heterocycles. The summed E-state index contributed by atoms with van der Waals surface area (Å²) in [6.45, 7) is 3.44. The average Bonchev–Trinajstić information content (AvgIpc) is 2.88. The molecule has 0 aliphatic rings. The number of hydrogen-bond donors (Lipinski definition) is 4. The third-order valence-electron chi connectivity index (χ3n) is 5.49. The lowest BCUT2D eigenvalue weighted by Gasteiger charge is -2.15. The SMILES string of the molecule is CC(NCCOc1ccc(C=N)c2ccccc12)c1ccc(Cl)cc1.NC(=O)c1ccc(O)c(Cl)c1. The van der Waals surface area contributed by atoms with Crippen molar-refractivity contribution in [2.75, 3.05) is 13.2 Å². The van der Waals surface area contributed by atoms with Gasteiger partial charge in [0, 0.05) is 40.3 Å². The Morgan fingerprint density at radius 2 is 1.75 bits per heavy atom. The molecule has 186 valence electrons. The number of nitrogens with one attached hydrogen (secondary N) is 2. The van der Waals surface area contributed by atoms with E-state index in [9.17, 15) is 4.79 Å². The summed E-state index contributed by atoms with van der Waals surface area (Å²) in [5.74, 6) is 0.228. The summed E-state index contributed by atoms with van der Waals surface area (Å²) in [6.07, 6.45) is 1.38. The van der Waals surface area contributed by atoms with Crippen molar-refractivity contribution in [2.45, 2.75) is 13.0 Å². The van der Waals surface area contributed by atoms with Crippen LogP contribution in [0, 0.1) is 5.41 Å². The van der Waals surface area contributed by atoms with Crippen LogP contribution in [-0.4, -0.2) is 30.4 Å². The van der Waals surface area contributed by atoms with Crippen LogP contribution in [0.25, 0.3) is 10.8 Å². The van der Waals surface area contributed by atoms with Gasteiger partial charge >= 0.3 is 0 Å². The topological polar surface area (TPSA) is 108 Å². The van der Waals surface area contributed by atoms with Gasteiger partial charge in [-0.1, -0.05) is 59.6 Å². The lowest BCUT2D eigenvalue weighted by molar-refractivity contribution is 0.100. The van der Waals surface area contributed by atoms with Crippen LogP contribution in [0.5, 0.6) is 11.5 Å². The van der Waals surface area contributed by atoms with E-state index >= 15 is 0 Å². The average molecular weight is 524 g/mol. The molecule has 0 bridgehead atoms. The Morgan fingerprint density at radius 3 is 2.39 bits per heavy atom. The maximum atomic E-state index is 10.5. The fraction of sp³-hybridized carbons (Fsp3) is 0.143. The minimum absolute atomic E-state index is 0.0586. The number of phenolic OH excluding ortho intramolecular Hbond substituents is 1. The van der Waals surface area contributed by atoms with Crippen LogP contribution in [0.3, 0.4) is 0 Å². The van der Waals surface area contributed by atoms with E-state index < -0.39 is 5.91 Å². The van der Waals surface area contributed by atoms with Crippen LogP contribution in [0.15, 0.2) is 78.9 Å². The van der Waals surface area contributed by atoms with Gasteiger partial charge in [-0.05, 0) is 60.3 Å². The van der Waals surface area contributed by atoms with Crippen molar-refractivity contribution in [1.82, 2.24) is 5.32 Å². The quantitative estimate of drug-likeness (QED) is 0.159. The normalized spacial score (nSPS) is 11.3. The highest BCUT2D eigenvalue weighted by atomic mass is 35.5. The molecule has 4 aromatic carbocycles. The highest BCUT2D eigenvalue weighted by molar-refractivity contribution is 6.32. The zero-order valence-corrected chi connectivity index (χ0v) is 21.2. The molecule has 36 heavy (non-hydrogen) atoms. The maximum Gasteiger partial charge on any atom is 0.248 e. The number of phenols is 1. The van der Waals surface area contributed by atoms with Gasteiger partial charge in [0.25, 0.3) is 0 Å². The van der Waals surface area contributed by atoms with E-state index in [1.54, 1.807) is 0 Å². The lowest BCUT2D eigenvalue weighted by atomic mass is 10.0. The van der Waals surface area contributed by atoms with Gasteiger partial charge in [0.1, 0.15) is 18.1 Å². The number of halogens is 2. The maximum absolute atomic E-state index is 10.5. The highest BCUT2D eigenvalue weighted by Gasteiger charge is 2.07. The first-order chi connectivity index (χ1) is 17.3. The van der Waals surface area contributed by atoms with Gasteiger partial charge < -0.3 is 26.3 Å². The van der Waals surface area contributed by atoms with E-state index in [-0.39, 0.29) is 22.4 Å². The van der Waals surface area contributed by atoms with Gasteiger partial charge in [-0.25, -0.2) is 0 Å². The van der Waals surface area contributed by atoms with E-state index in [2.05, 4.69) is 12.2 Å². The number of primary amides is 1. The summed E-state index contributed by atoms with van der Waals surface area (Å²) in [5.41, 5.74) is 7.34. The largest absolute Gasteiger partial charge is 0.506 e. The molecular weight excluding hydrogens is 497 g/mol. The Balaban J connectivity index is 0.000000275. The zero-order chi connectivity index (χ0) is 26.1. The molecule has 1 unspecified atom stereocenters. The Bertz CT molecular complexity index is 1340. The molecule has 0 saturated heterocycles. The van der Waals surface area contributed by atoms with Crippen molar-refractivity contribution in [1.29, 1.82) is 5.41 Å². The molecule has 5 N–H and O–H groups in total. The molecule has 1 atom stereocenters. The molecule has 4 rings (SSSR count). The van der Waals surface area contributed by atoms with Crippen molar-refractivity contribution in [3.8, 4) is 11.5 Å². The zero-order valence-electron chi connectivity index (χ0n) is 19.7. The molecule has 8 heteroatoms. The Kier molecular flexibility index (Phi) is 9.70. The third kappa shape index (κ3) is 7.21. The number of hydrogen-bond acceptors (Lipinski definition) is 5. The van der Waals surface area contributed by atoms with Gasteiger partial charge in [-0.15, -0.1) is 0 Å². The molecule has 0 saturated carbocycles. The van der Waals surface area contributed by atoms with Gasteiger partial charge in [-0.3, -0.25) is 4.79 Å². The van der Waals surface area contributed by atoms with E-state index in [1.807, 2.05) is 60.7 Å². The molecule has 6 nitrogen and oxygen atoms in total. The van der Waals surface area contributed by atoms with Crippen LogP contribution >= 0.6 is 23.2 Å². The smallest absolute Gasteiger partial charge is 0.248 e. The molecule has 0 radical (unpaired) electrons. The molecule has 0 spiro atoms. The van der Waals surface area contributed by atoms with Crippen molar-refractivity contribution < 1.29 is 14.6 Å². The molecule has 0 fully saturated rings. The number of aromatic hydroxyl groups is 1. The van der Waals surface area contributed by atoms with Gasteiger partial charge in [0.15, 0.2) is 0 Å². The minimum atomic E-state index is -0.563. The first-order valence-electron chi connectivity index (χ1n) is 11.2. The number of carbonyl (C=O) groups is 1. The number of amides is 1. The van der Waals surface area contributed by atoms with Crippen molar-refractivity contribution in [3.63, 3.8) is 0 Å². The molecule has 0 aliphatic carbocycles. The van der Waals surface area contributed by atoms with Gasteiger partial charge in [0.05, 0.1) is 5.02 Å². The summed E-state index contributed by atoms with van der Waals surface area (Å²) in [7, 11) is 0. The van der Waals surface area contributed by atoms with E-state index in [0.717, 1.165) is 33.7 Å². The number of nitrogens with two attached hydrogens (primary N) is 1. The standard InChI is InChI=1S/C21H21ClN2O.C7H6ClNO2/c1-15(16-6-9-18(22)10-7-16)24-12-13-25-21-11-8-17(14-23)19-4-2-3-5-20(19)21;8-5-3-4(7(9)11)1-2-6(5)10/h2-11,14-15,23-24H,12-13H2,1H3;1-3,10H,(H2,9,11). The number of rotatable bonds is 8. The van der Waals surface area contributed by atoms with E-state index in [0.29, 0.717) is 6.61 Å². The third-order valence-corrected chi connectivity index (χ3v) is 6.04. The second-order valence-corrected chi connectivity index (χ2v) is 8.79. The molecule has 4 aromatic rings. The Morgan fingerprint density at radius 1 is 1.06 bits per heavy atom. The first kappa shape index (κ1) is 27.0. The predicted molar refractivity (Wildman–Crippen MR) is 147 cm³/mol. The number of ether oxygens (including phenoxy) is 1. The summed E-state index contributed by atoms with van der Waals surface area (Å²) < 4.78 is 5.97. The Hall–Kier alpha value is -3.58. The van der Waals surface area contributed by atoms with Crippen LogP contribution in [0.4, 0.5) is 0 Å². The number of fused-ring (bicyclic) bond motifs is 1. The summed E-state index contributed by atoms with van der Waals surface area (Å²) >= 11 is 11.4. The van der Waals surface area contributed by atoms with E-state index in [4.69, 9.17) is 44.2 Å². The predicted octanol–water partition coefficient (Wildman–Crippen LogP) is 6.36. The summed E-state index contributed by atoms with van der Waals surface area (Å²) in [4.78, 5) is 10.5. The summed E-state index contributed by atoms with van der Waals surface area (Å²) in [6, 6.07) is 24.0. The Labute approximate surface area is 220 Å². The van der Waals surface area contributed by atoms with Crippen LogP contribution in [-0.2, 0) is 0 Å². The first-order valence-corrected chi connectivity index (χ1v) is 12.0. The summed E-state index contributed by atoms with van der Waals surface area (Å²) in [5, 5.41) is 22.9. The van der Waals surface area contributed by atoms with Crippen molar-refractivity contribution >= 4 is 46.1 Å². The second-order valence-electron chi connectivity index (χ2n) is 7.95. The van der Waals surface area contributed by atoms with E-state index in [1.165, 1.54) is 30.0 Å². The lowest BCUT2D eigenvalue weighted by Crippen LogP contribution is -2.24. The molecule has 0 heterocycles. The van der Waals surface area contributed by atoms with Crippen molar-refractivity contribution in [2.24, 2.45) is 5.73 Å². The van der Waals surface area contributed by atoms with Gasteiger partial charge in [-0.2, -0.15) is 0 Å². The number of benzene rings is 4. The number of carbonyl (C=O) groups excluding carboxylic acids is 1. The molecule has 0 aliphatic heterocycles. The van der Waals surface area contributed by atoms with Crippen LogP contribution in [0.1, 0.15) is 34.5 Å². The van der Waals surface area contributed by atoms with Crippen LogP contribution in [0.2, 0.25) is 10.0 Å². The van der Waals surface area contributed by atoms with Crippen molar-refractivity contribution in [3.05, 3.63) is 106 Å². The van der Waals surface area contributed by atoms with Crippen LogP contribution < -0.4 is 15.8 Å². The fourth-order valence-corrected chi connectivity index (χ4v) is 3.82. The monoisotopic (exact) mass is 523 g/mol. The second kappa shape index (κ2) is 12.9. The van der Waals surface area contributed by atoms with Gasteiger partial charge in [0.2, 0.25) is 5.91 Å². The fourth-order valence-electron chi connectivity index (χ4n) is 3.51. The molecular formula is C28H27Cl2N3O3. The molecule has 1 amide bonds. The highest BCUT2D eigenvalue weighted by Crippen LogP contribution is 2.28.